The lowest BCUT2D eigenvalue weighted by atomic mass is 10.2. The Morgan fingerprint density at radius 2 is 2.13 bits per heavy atom. The molecular formula is C15H22N6O2. The number of nitrogens with zero attached hydrogens (tertiary/aromatic N) is 4. The van der Waals surface area contributed by atoms with E-state index in [1.165, 1.54) is 0 Å². The van der Waals surface area contributed by atoms with Gasteiger partial charge in [-0.1, -0.05) is 6.07 Å². The van der Waals surface area contributed by atoms with Crippen molar-refractivity contribution in [2.75, 3.05) is 32.8 Å². The number of aromatic nitrogens is 3. The van der Waals surface area contributed by atoms with Crippen LogP contribution in [0, 0.1) is 0 Å². The standard InChI is InChI=1S/C15H22N6O2/c1-12(20-6-8-23-9-7-20)10-16-15(22)17-11-14-19-18-13-4-2-3-5-21(13)14/h2-5,12H,6-11H2,1H3,(H2,16,17,22). The Morgan fingerprint density at radius 3 is 2.96 bits per heavy atom. The number of nitrogens with one attached hydrogen (secondary N) is 2. The van der Waals surface area contributed by atoms with E-state index in [0.29, 0.717) is 25.0 Å². The smallest absolute Gasteiger partial charge is 0.315 e. The summed E-state index contributed by atoms with van der Waals surface area (Å²) in [6.45, 7) is 6.40. The van der Waals surface area contributed by atoms with Crippen LogP contribution in [0.5, 0.6) is 0 Å². The lowest BCUT2D eigenvalue weighted by Gasteiger charge is -2.32. The van der Waals surface area contributed by atoms with Crippen molar-refractivity contribution < 1.29 is 9.53 Å². The quantitative estimate of drug-likeness (QED) is 0.825. The Hall–Kier alpha value is -2.19. The average Bonchev–Trinajstić information content (AvgIpc) is 3.02. The third-order valence-corrected chi connectivity index (χ3v) is 4.02. The van der Waals surface area contributed by atoms with E-state index in [9.17, 15) is 4.79 Å². The summed E-state index contributed by atoms with van der Waals surface area (Å²) in [4.78, 5) is 14.3. The van der Waals surface area contributed by atoms with Crippen LogP contribution in [0.4, 0.5) is 4.79 Å². The van der Waals surface area contributed by atoms with Gasteiger partial charge in [-0.05, 0) is 19.1 Å². The van der Waals surface area contributed by atoms with Crippen LogP contribution in [-0.2, 0) is 11.3 Å². The lowest BCUT2D eigenvalue weighted by Crippen LogP contribution is -2.48. The van der Waals surface area contributed by atoms with Crippen molar-refractivity contribution in [1.82, 2.24) is 30.1 Å². The monoisotopic (exact) mass is 318 g/mol. The van der Waals surface area contributed by atoms with Crippen molar-refractivity contribution in [3.8, 4) is 0 Å². The molecule has 0 spiro atoms. The van der Waals surface area contributed by atoms with Crippen LogP contribution in [0.25, 0.3) is 5.65 Å². The summed E-state index contributed by atoms with van der Waals surface area (Å²) in [6, 6.07) is 5.78. The van der Waals surface area contributed by atoms with Gasteiger partial charge in [-0.3, -0.25) is 9.30 Å². The molecule has 2 aromatic rings. The molecule has 1 fully saturated rings. The number of fused-ring (bicyclic) bond motifs is 1. The van der Waals surface area contributed by atoms with Crippen LogP contribution in [0.15, 0.2) is 24.4 Å². The molecule has 1 unspecified atom stereocenters. The van der Waals surface area contributed by atoms with E-state index in [0.717, 1.165) is 32.0 Å². The number of morpholine rings is 1. The second-order valence-corrected chi connectivity index (χ2v) is 5.61. The van der Waals surface area contributed by atoms with Crippen molar-refractivity contribution in [3.63, 3.8) is 0 Å². The molecule has 1 saturated heterocycles. The first-order valence-electron chi connectivity index (χ1n) is 7.86. The maximum absolute atomic E-state index is 11.9. The highest BCUT2D eigenvalue weighted by Gasteiger charge is 2.17. The van der Waals surface area contributed by atoms with Crippen LogP contribution < -0.4 is 10.6 Å². The predicted molar refractivity (Wildman–Crippen MR) is 85.1 cm³/mol. The molecule has 2 N–H and O–H groups in total. The van der Waals surface area contributed by atoms with Gasteiger partial charge >= 0.3 is 6.03 Å². The molecule has 23 heavy (non-hydrogen) atoms. The fourth-order valence-electron chi connectivity index (χ4n) is 2.62. The van der Waals surface area contributed by atoms with Crippen LogP contribution in [0.1, 0.15) is 12.7 Å². The minimum Gasteiger partial charge on any atom is -0.379 e. The van der Waals surface area contributed by atoms with Gasteiger partial charge in [0.05, 0.1) is 19.8 Å². The van der Waals surface area contributed by atoms with Crippen LogP contribution in [0.3, 0.4) is 0 Å². The number of ether oxygens (including phenoxy) is 1. The highest BCUT2D eigenvalue weighted by Crippen LogP contribution is 2.03. The van der Waals surface area contributed by atoms with Gasteiger partial charge in [0.1, 0.15) is 0 Å². The van der Waals surface area contributed by atoms with Crippen molar-refractivity contribution in [3.05, 3.63) is 30.2 Å². The second-order valence-electron chi connectivity index (χ2n) is 5.61. The molecule has 0 bridgehead atoms. The number of hydrogen-bond donors (Lipinski definition) is 2. The molecular weight excluding hydrogens is 296 g/mol. The van der Waals surface area contributed by atoms with E-state index < -0.39 is 0 Å². The minimum atomic E-state index is -0.196. The van der Waals surface area contributed by atoms with E-state index in [1.807, 2.05) is 28.8 Å². The van der Waals surface area contributed by atoms with Gasteiger partial charge in [0.2, 0.25) is 0 Å². The molecule has 8 nitrogen and oxygen atoms in total. The molecule has 0 aromatic carbocycles. The molecule has 0 radical (unpaired) electrons. The first kappa shape index (κ1) is 15.7. The molecule has 0 saturated carbocycles. The number of hydrogen-bond acceptors (Lipinski definition) is 5. The maximum atomic E-state index is 11.9. The van der Waals surface area contributed by atoms with E-state index >= 15 is 0 Å². The molecule has 124 valence electrons. The van der Waals surface area contributed by atoms with Gasteiger partial charge in [0.15, 0.2) is 11.5 Å². The van der Waals surface area contributed by atoms with Crippen LogP contribution >= 0.6 is 0 Å². The van der Waals surface area contributed by atoms with Gasteiger partial charge < -0.3 is 15.4 Å². The molecule has 0 aliphatic carbocycles. The van der Waals surface area contributed by atoms with Crippen molar-refractivity contribution in [2.24, 2.45) is 0 Å². The Labute approximate surface area is 134 Å². The minimum absolute atomic E-state index is 0.196. The Kier molecular flexibility index (Phi) is 5.04. The number of urea groups is 1. The fraction of sp³-hybridized carbons (Fsp3) is 0.533. The summed E-state index contributed by atoms with van der Waals surface area (Å²) in [6.07, 6.45) is 1.88. The normalized spacial score (nSPS) is 17.1. The molecule has 1 aliphatic rings. The maximum Gasteiger partial charge on any atom is 0.315 e. The topological polar surface area (TPSA) is 83.8 Å². The summed E-state index contributed by atoms with van der Waals surface area (Å²) in [7, 11) is 0. The summed E-state index contributed by atoms with van der Waals surface area (Å²) in [5.41, 5.74) is 0.769. The largest absolute Gasteiger partial charge is 0.379 e. The molecule has 1 aliphatic heterocycles. The number of carbonyl (C=O) groups is 1. The molecule has 2 aromatic heterocycles. The van der Waals surface area contributed by atoms with Crippen molar-refractivity contribution in [1.29, 1.82) is 0 Å². The zero-order chi connectivity index (χ0) is 16.1. The SMILES string of the molecule is CC(CNC(=O)NCc1nnc2ccccn12)N1CCOCC1. The third-order valence-electron chi connectivity index (χ3n) is 4.02. The van der Waals surface area contributed by atoms with Gasteiger partial charge in [-0.2, -0.15) is 0 Å². The predicted octanol–water partition coefficient (Wildman–Crippen LogP) is 0.249. The van der Waals surface area contributed by atoms with E-state index in [2.05, 4.69) is 32.7 Å². The summed E-state index contributed by atoms with van der Waals surface area (Å²) < 4.78 is 7.19. The summed E-state index contributed by atoms with van der Waals surface area (Å²) >= 11 is 0. The number of pyridine rings is 1. The van der Waals surface area contributed by atoms with Crippen LogP contribution in [-0.4, -0.2) is 64.4 Å². The van der Waals surface area contributed by atoms with E-state index in [-0.39, 0.29) is 6.03 Å². The summed E-state index contributed by atoms with van der Waals surface area (Å²) in [5.74, 6) is 0.706. The van der Waals surface area contributed by atoms with Crippen molar-refractivity contribution >= 4 is 11.7 Å². The molecule has 8 heteroatoms. The Morgan fingerprint density at radius 1 is 1.30 bits per heavy atom. The third kappa shape index (κ3) is 3.96. The number of rotatable bonds is 5. The summed E-state index contributed by atoms with van der Waals surface area (Å²) in [5, 5.41) is 13.9. The Bertz CT molecular complexity index is 652. The van der Waals surface area contributed by atoms with Crippen LogP contribution in [0.2, 0.25) is 0 Å². The average molecular weight is 318 g/mol. The molecule has 2 amide bonds. The number of amides is 2. The Balaban J connectivity index is 1.44. The van der Waals surface area contributed by atoms with Crippen molar-refractivity contribution in [2.45, 2.75) is 19.5 Å². The lowest BCUT2D eigenvalue weighted by molar-refractivity contribution is 0.0209. The van der Waals surface area contributed by atoms with Gasteiger partial charge in [0, 0.05) is 31.9 Å². The molecule has 3 rings (SSSR count). The first-order valence-corrected chi connectivity index (χ1v) is 7.86. The van der Waals surface area contributed by atoms with E-state index in [4.69, 9.17) is 4.74 Å². The second kappa shape index (κ2) is 7.38. The highest BCUT2D eigenvalue weighted by atomic mass is 16.5. The number of carbonyl (C=O) groups excluding carboxylic acids is 1. The molecule has 1 atom stereocenters. The van der Waals surface area contributed by atoms with Gasteiger partial charge in [-0.25, -0.2) is 4.79 Å². The first-order chi connectivity index (χ1) is 11.2. The fourth-order valence-corrected chi connectivity index (χ4v) is 2.62. The highest BCUT2D eigenvalue weighted by molar-refractivity contribution is 5.73. The van der Waals surface area contributed by atoms with Gasteiger partial charge in [-0.15, -0.1) is 10.2 Å². The zero-order valence-corrected chi connectivity index (χ0v) is 13.2. The molecule has 3 heterocycles. The van der Waals surface area contributed by atoms with Gasteiger partial charge in [0.25, 0.3) is 0 Å². The van der Waals surface area contributed by atoms with E-state index in [1.54, 1.807) is 0 Å². The zero-order valence-electron chi connectivity index (χ0n) is 13.2.